The molecule has 2 heterocycles. The number of hydrogen-bond acceptors (Lipinski definition) is 3. The molecule has 0 aliphatic carbocycles. The van der Waals surface area contributed by atoms with Crippen LogP contribution in [0.5, 0.6) is 0 Å². The van der Waals surface area contributed by atoms with Crippen LogP contribution in [0, 0.1) is 5.41 Å². The van der Waals surface area contributed by atoms with Gasteiger partial charge in [0.15, 0.2) is 0 Å². The molecule has 106 valence electrons. The first-order valence-corrected chi connectivity index (χ1v) is 7.57. The van der Waals surface area contributed by atoms with Gasteiger partial charge in [0.1, 0.15) is 0 Å². The van der Waals surface area contributed by atoms with Crippen molar-refractivity contribution in [1.29, 1.82) is 0 Å². The van der Waals surface area contributed by atoms with Gasteiger partial charge in [-0.2, -0.15) is 0 Å². The van der Waals surface area contributed by atoms with E-state index in [2.05, 4.69) is 41.2 Å². The van der Waals surface area contributed by atoms with Crippen molar-refractivity contribution in [1.82, 2.24) is 10.3 Å². The molecule has 2 rings (SSSR count). The average molecular weight is 261 g/mol. The van der Waals surface area contributed by atoms with Crippen molar-refractivity contribution in [3.05, 3.63) is 24.0 Å². The molecule has 19 heavy (non-hydrogen) atoms. The molecule has 1 aliphatic heterocycles. The first kappa shape index (κ1) is 14.3. The molecule has 0 spiro atoms. The minimum absolute atomic E-state index is 0.595. The Morgan fingerprint density at radius 1 is 1.26 bits per heavy atom. The van der Waals surface area contributed by atoms with Crippen molar-refractivity contribution in [2.75, 3.05) is 25.0 Å². The Labute approximate surface area is 117 Å². The van der Waals surface area contributed by atoms with E-state index in [1.165, 1.54) is 44.5 Å². The lowest BCUT2D eigenvalue weighted by Crippen LogP contribution is -2.39. The van der Waals surface area contributed by atoms with Gasteiger partial charge in [-0.25, -0.2) is 0 Å². The molecule has 0 radical (unpaired) electrons. The standard InChI is InChI=1S/C16H27N3/c1-4-16(5-2)7-10-19(11-8-16)15-6-9-18-14(12-15)13-17-3/h6,9,12,17H,4-5,7-8,10-11,13H2,1-3H3. The fourth-order valence-corrected chi connectivity index (χ4v) is 3.14. The Bertz CT molecular complexity index is 389. The quantitative estimate of drug-likeness (QED) is 0.882. The van der Waals surface area contributed by atoms with Crippen LogP contribution in [0.4, 0.5) is 5.69 Å². The van der Waals surface area contributed by atoms with Gasteiger partial charge < -0.3 is 10.2 Å². The van der Waals surface area contributed by atoms with E-state index in [9.17, 15) is 0 Å². The third-order valence-electron chi connectivity index (χ3n) is 4.85. The molecule has 0 atom stereocenters. The summed E-state index contributed by atoms with van der Waals surface area (Å²) >= 11 is 0. The Balaban J connectivity index is 2.03. The van der Waals surface area contributed by atoms with Crippen molar-refractivity contribution >= 4 is 5.69 Å². The van der Waals surface area contributed by atoms with E-state index in [1.807, 2.05) is 13.2 Å². The molecule has 1 fully saturated rings. The van der Waals surface area contributed by atoms with E-state index >= 15 is 0 Å². The highest BCUT2D eigenvalue weighted by atomic mass is 15.1. The van der Waals surface area contributed by atoms with E-state index in [1.54, 1.807) is 0 Å². The minimum Gasteiger partial charge on any atom is -0.371 e. The van der Waals surface area contributed by atoms with Gasteiger partial charge >= 0.3 is 0 Å². The zero-order chi connectivity index (χ0) is 13.7. The van der Waals surface area contributed by atoms with Crippen LogP contribution < -0.4 is 10.2 Å². The molecule has 3 nitrogen and oxygen atoms in total. The maximum absolute atomic E-state index is 4.40. The second-order valence-corrected chi connectivity index (χ2v) is 5.73. The zero-order valence-corrected chi connectivity index (χ0v) is 12.6. The smallest absolute Gasteiger partial charge is 0.0562 e. The molecule has 3 heteroatoms. The molecule has 0 aromatic carbocycles. The topological polar surface area (TPSA) is 28.2 Å². The van der Waals surface area contributed by atoms with E-state index in [0.29, 0.717) is 5.41 Å². The van der Waals surface area contributed by atoms with Gasteiger partial charge in [0.05, 0.1) is 5.69 Å². The first-order chi connectivity index (χ1) is 9.23. The van der Waals surface area contributed by atoms with Gasteiger partial charge in [-0.05, 0) is 37.4 Å². The summed E-state index contributed by atoms with van der Waals surface area (Å²) in [5.74, 6) is 0. The third-order valence-corrected chi connectivity index (χ3v) is 4.85. The first-order valence-electron chi connectivity index (χ1n) is 7.57. The van der Waals surface area contributed by atoms with Gasteiger partial charge in [-0.3, -0.25) is 4.98 Å². The Kier molecular flexibility index (Phi) is 4.81. The molecule has 0 amide bonds. The Morgan fingerprint density at radius 3 is 2.53 bits per heavy atom. The predicted octanol–water partition coefficient (Wildman–Crippen LogP) is 3.21. The predicted molar refractivity (Wildman–Crippen MR) is 81.5 cm³/mol. The number of nitrogens with zero attached hydrogens (tertiary/aromatic N) is 2. The van der Waals surface area contributed by atoms with Crippen molar-refractivity contribution in [3.63, 3.8) is 0 Å². The maximum atomic E-state index is 4.40. The lowest BCUT2D eigenvalue weighted by Gasteiger charge is -2.42. The summed E-state index contributed by atoms with van der Waals surface area (Å²) in [6.07, 6.45) is 7.22. The normalized spacial score (nSPS) is 18.6. The second kappa shape index (κ2) is 6.38. The molecule has 0 saturated carbocycles. The monoisotopic (exact) mass is 261 g/mol. The van der Waals surface area contributed by atoms with Gasteiger partial charge in [-0.15, -0.1) is 0 Å². The zero-order valence-electron chi connectivity index (χ0n) is 12.6. The summed E-state index contributed by atoms with van der Waals surface area (Å²) in [5, 5.41) is 3.16. The Morgan fingerprint density at radius 2 is 1.95 bits per heavy atom. The van der Waals surface area contributed by atoms with E-state index in [0.717, 1.165) is 12.2 Å². The largest absolute Gasteiger partial charge is 0.371 e. The van der Waals surface area contributed by atoms with Crippen molar-refractivity contribution in [2.45, 2.75) is 46.1 Å². The van der Waals surface area contributed by atoms with Crippen LogP contribution in [-0.4, -0.2) is 25.1 Å². The van der Waals surface area contributed by atoms with Crippen molar-refractivity contribution in [2.24, 2.45) is 5.41 Å². The number of anilines is 1. The number of aromatic nitrogens is 1. The fourth-order valence-electron chi connectivity index (χ4n) is 3.14. The number of rotatable bonds is 5. The molecule has 1 aromatic heterocycles. The number of nitrogens with one attached hydrogen (secondary N) is 1. The van der Waals surface area contributed by atoms with Crippen LogP contribution in [0.1, 0.15) is 45.2 Å². The number of hydrogen-bond donors (Lipinski definition) is 1. The van der Waals surface area contributed by atoms with Gasteiger partial charge in [0.25, 0.3) is 0 Å². The summed E-state index contributed by atoms with van der Waals surface area (Å²) < 4.78 is 0. The third kappa shape index (κ3) is 3.27. The van der Waals surface area contributed by atoms with Crippen molar-refractivity contribution in [3.8, 4) is 0 Å². The molecule has 1 aliphatic rings. The number of piperidine rings is 1. The highest BCUT2D eigenvalue weighted by Crippen LogP contribution is 2.39. The average Bonchev–Trinajstić information content (AvgIpc) is 2.48. The number of pyridine rings is 1. The highest BCUT2D eigenvalue weighted by Gasteiger charge is 2.31. The summed E-state index contributed by atoms with van der Waals surface area (Å²) in [7, 11) is 1.96. The van der Waals surface area contributed by atoms with Gasteiger partial charge in [-0.1, -0.05) is 26.7 Å². The lowest BCUT2D eigenvalue weighted by atomic mass is 9.74. The molecule has 0 unspecified atom stereocenters. The minimum atomic E-state index is 0.595. The van der Waals surface area contributed by atoms with Crippen molar-refractivity contribution < 1.29 is 0 Å². The second-order valence-electron chi connectivity index (χ2n) is 5.73. The van der Waals surface area contributed by atoms with Crippen LogP contribution in [0.25, 0.3) is 0 Å². The molecule has 1 N–H and O–H groups in total. The summed E-state index contributed by atoms with van der Waals surface area (Å²) in [6.45, 7) is 7.90. The van der Waals surface area contributed by atoms with Crippen LogP contribution in [0.15, 0.2) is 18.3 Å². The molecule has 1 saturated heterocycles. The van der Waals surface area contributed by atoms with E-state index in [-0.39, 0.29) is 0 Å². The molecule has 1 aromatic rings. The van der Waals surface area contributed by atoms with Crippen LogP contribution in [-0.2, 0) is 6.54 Å². The van der Waals surface area contributed by atoms with Gasteiger partial charge in [0.2, 0.25) is 0 Å². The van der Waals surface area contributed by atoms with E-state index in [4.69, 9.17) is 0 Å². The maximum Gasteiger partial charge on any atom is 0.0562 e. The fraction of sp³-hybridized carbons (Fsp3) is 0.688. The molecular formula is C16H27N3. The van der Waals surface area contributed by atoms with Crippen LogP contribution in [0.2, 0.25) is 0 Å². The van der Waals surface area contributed by atoms with Crippen LogP contribution in [0.3, 0.4) is 0 Å². The van der Waals surface area contributed by atoms with Gasteiger partial charge in [0, 0.05) is 31.5 Å². The van der Waals surface area contributed by atoms with Crippen LogP contribution >= 0.6 is 0 Å². The Hall–Kier alpha value is -1.09. The lowest BCUT2D eigenvalue weighted by molar-refractivity contribution is 0.199. The molecule has 0 bridgehead atoms. The SMILES string of the molecule is CCC1(CC)CCN(c2ccnc(CNC)c2)CC1. The molecular weight excluding hydrogens is 234 g/mol. The van der Waals surface area contributed by atoms with E-state index < -0.39 is 0 Å². The highest BCUT2D eigenvalue weighted by molar-refractivity contribution is 5.47. The summed E-state index contributed by atoms with van der Waals surface area (Å²) in [6, 6.07) is 4.37. The summed E-state index contributed by atoms with van der Waals surface area (Å²) in [4.78, 5) is 6.91. The summed E-state index contributed by atoms with van der Waals surface area (Å²) in [5.41, 5.74) is 3.06.